The molecule has 2 aliphatic rings. The average molecular weight is 368 g/mol. The van der Waals surface area contributed by atoms with Gasteiger partial charge in [-0.05, 0) is 26.3 Å². The number of nitrogens with zero attached hydrogens (tertiary/aromatic N) is 6. The first kappa shape index (κ1) is 18.1. The summed E-state index contributed by atoms with van der Waals surface area (Å²) in [6.07, 6.45) is 9.00. The Labute approximate surface area is 160 Å². The number of aryl methyl sites for hydroxylation is 1. The van der Waals surface area contributed by atoms with Gasteiger partial charge in [-0.15, -0.1) is 0 Å². The highest BCUT2D eigenvalue weighted by Gasteiger charge is 2.26. The van der Waals surface area contributed by atoms with Crippen LogP contribution in [0.1, 0.15) is 55.5 Å². The van der Waals surface area contributed by atoms with E-state index in [4.69, 9.17) is 4.98 Å². The van der Waals surface area contributed by atoms with Crippen molar-refractivity contribution in [3.05, 3.63) is 41.5 Å². The van der Waals surface area contributed by atoms with E-state index in [-0.39, 0.29) is 5.91 Å². The molecule has 0 bridgehead atoms. The zero-order valence-corrected chi connectivity index (χ0v) is 16.3. The molecule has 7 heteroatoms. The van der Waals surface area contributed by atoms with Gasteiger partial charge in [-0.25, -0.2) is 15.0 Å². The normalized spacial score (nSPS) is 20.5. The monoisotopic (exact) mass is 368 g/mol. The van der Waals surface area contributed by atoms with Gasteiger partial charge >= 0.3 is 0 Å². The fourth-order valence-electron chi connectivity index (χ4n) is 4.19. The Bertz CT molecular complexity index is 817. The van der Waals surface area contributed by atoms with Gasteiger partial charge in [0.2, 0.25) is 5.91 Å². The van der Waals surface area contributed by atoms with Crippen LogP contribution in [-0.2, 0) is 30.8 Å². The number of likely N-dealkylation sites (tertiary alicyclic amines) is 1. The summed E-state index contributed by atoms with van der Waals surface area (Å²) in [5, 5.41) is 0. The highest BCUT2D eigenvalue weighted by atomic mass is 16.2. The molecule has 0 unspecified atom stereocenters. The zero-order chi connectivity index (χ0) is 18.8. The lowest BCUT2D eigenvalue weighted by Crippen LogP contribution is -2.37. The average Bonchev–Trinajstić information content (AvgIpc) is 3.14. The second-order valence-corrected chi connectivity index (χ2v) is 7.59. The van der Waals surface area contributed by atoms with Gasteiger partial charge in [-0.2, -0.15) is 0 Å². The van der Waals surface area contributed by atoms with Gasteiger partial charge in [0, 0.05) is 69.6 Å². The first-order valence-corrected chi connectivity index (χ1v) is 9.96. The molecule has 1 atom stereocenters. The van der Waals surface area contributed by atoms with Crippen molar-refractivity contribution in [1.29, 1.82) is 0 Å². The maximum Gasteiger partial charge on any atom is 0.219 e. The van der Waals surface area contributed by atoms with E-state index in [0.29, 0.717) is 12.5 Å². The summed E-state index contributed by atoms with van der Waals surface area (Å²) in [6, 6.07) is 0. The van der Waals surface area contributed by atoms with E-state index in [1.165, 1.54) is 0 Å². The molecule has 27 heavy (non-hydrogen) atoms. The first-order chi connectivity index (χ1) is 13.1. The number of carbonyl (C=O) groups is 1. The summed E-state index contributed by atoms with van der Waals surface area (Å²) in [5.74, 6) is 2.60. The second-order valence-electron chi connectivity index (χ2n) is 7.59. The number of hydrogen-bond acceptors (Lipinski definition) is 5. The van der Waals surface area contributed by atoms with Crippen molar-refractivity contribution in [2.45, 2.75) is 58.7 Å². The SMILES string of the molecule is CCn1ccnc1CN1CCC[C@@H](c2ncc3c(n2)CCN(C(C)=O)C3)C1. The van der Waals surface area contributed by atoms with Crippen molar-refractivity contribution < 1.29 is 4.79 Å². The molecule has 4 rings (SSSR count). The molecule has 1 fully saturated rings. The molecule has 0 aliphatic carbocycles. The molecule has 0 spiro atoms. The van der Waals surface area contributed by atoms with Gasteiger partial charge in [0.25, 0.3) is 0 Å². The lowest BCUT2D eigenvalue weighted by atomic mass is 9.96. The van der Waals surface area contributed by atoms with Crippen molar-refractivity contribution in [2.24, 2.45) is 0 Å². The van der Waals surface area contributed by atoms with E-state index >= 15 is 0 Å². The van der Waals surface area contributed by atoms with E-state index in [2.05, 4.69) is 26.4 Å². The number of amides is 1. The summed E-state index contributed by atoms with van der Waals surface area (Å²) in [7, 11) is 0. The van der Waals surface area contributed by atoms with Gasteiger partial charge in [0.05, 0.1) is 12.2 Å². The summed E-state index contributed by atoms with van der Waals surface area (Å²) >= 11 is 0. The van der Waals surface area contributed by atoms with Gasteiger partial charge in [-0.1, -0.05) is 0 Å². The summed E-state index contributed by atoms with van der Waals surface area (Å²) in [5.41, 5.74) is 2.22. The van der Waals surface area contributed by atoms with Crippen LogP contribution in [0.15, 0.2) is 18.6 Å². The second kappa shape index (κ2) is 7.76. The predicted octanol–water partition coefficient (Wildman–Crippen LogP) is 1.98. The van der Waals surface area contributed by atoms with E-state index in [1.807, 2.05) is 23.5 Å². The molecule has 144 valence electrons. The van der Waals surface area contributed by atoms with Crippen LogP contribution in [0.2, 0.25) is 0 Å². The zero-order valence-electron chi connectivity index (χ0n) is 16.3. The molecule has 0 saturated carbocycles. The van der Waals surface area contributed by atoms with Crippen LogP contribution < -0.4 is 0 Å². The Balaban J connectivity index is 1.45. The molecule has 1 saturated heterocycles. The lowest BCUT2D eigenvalue weighted by molar-refractivity contribution is -0.129. The maximum atomic E-state index is 11.6. The Hall–Kier alpha value is -2.28. The fraction of sp³-hybridized carbons (Fsp3) is 0.600. The minimum atomic E-state index is 0.123. The van der Waals surface area contributed by atoms with Gasteiger partial charge in [0.1, 0.15) is 11.6 Å². The molecule has 4 heterocycles. The quantitative estimate of drug-likeness (QED) is 0.825. The third-order valence-electron chi connectivity index (χ3n) is 5.78. The Morgan fingerprint density at radius 1 is 1.30 bits per heavy atom. The van der Waals surface area contributed by atoms with Crippen LogP contribution in [0.4, 0.5) is 0 Å². The molecule has 0 N–H and O–H groups in total. The Morgan fingerprint density at radius 2 is 2.19 bits per heavy atom. The van der Waals surface area contributed by atoms with Crippen molar-refractivity contribution >= 4 is 5.91 Å². The van der Waals surface area contributed by atoms with Crippen LogP contribution in [0.5, 0.6) is 0 Å². The molecule has 2 aliphatic heterocycles. The number of imidazole rings is 1. The molecule has 2 aromatic heterocycles. The third kappa shape index (κ3) is 3.88. The smallest absolute Gasteiger partial charge is 0.219 e. The molecule has 1 amide bonds. The molecular weight excluding hydrogens is 340 g/mol. The molecule has 0 aromatic carbocycles. The van der Waals surface area contributed by atoms with E-state index in [1.54, 1.807) is 6.92 Å². The molecule has 7 nitrogen and oxygen atoms in total. The number of carbonyl (C=O) groups excluding carboxylic acids is 1. The van der Waals surface area contributed by atoms with Crippen LogP contribution in [0.25, 0.3) is 0 Å². The minimum Gasteiger partial charge on any atom is -0.338 e. The van der Waals surface area contributed by atoms with Gasteiger partial charge < -0.3 is 9.47 Å². The van der Waals surface area contributed by atoms with Crippen molar-refractivity contribution in [1.82, 2.24) is 29.3 Å². The summed E-state index contributed by atoms with van der Waals surface area (Å²) < 4.78 is 2.21. The maximum absolute atomic E-state index is 11.6. The number of aromatic nitrogens is 4. The summed E-state index contributed by atoms with van der Waals surface area (Å²) in [4.78, 5) is 30.0. The van der Waals surface area contributed by atoms with Crippen molar-refractivity contribution in [3.8, 4) is 0 Å². The number of piperidine rings is 1. The summed E-state index contributed by atoms with van der Waals surface area (Å²) in [6.45, 7) is 9.10. The highest BCUT2D eigenvalue weighted by Crippen LogP contribution is 2.27. The van der Waals surface area contributed by atoms with Crippen molar-refractivity contribution in [3.63, 3.8) is 0 Å². The van der Waals surface area contributed by atoms with E-state index in [0.717, 1.165) is 74.9 Å². The van der Waals surface area contributed by atoms with Crippen LogP contribution in [-0.4, -0.2) is 54.9 Å². The number of fused-ring (bicyclic) bond motifs is 1. The van der Waals surface area contributed by atoms with Crippen LogP contribution >= 0.6 is 0 Å². The highest BCUT2D eigenvalue weighted by molar-refractivity contribution is 5.73. The van der Waals surface area contributed by atoms with E-state index in [9.17, 15) is 4.79 Å². The number of rotatable bonds is 4. The molecular formula is C20H28N6O. The largest absolute Gasteiger partial charge is 0.338 e. The lowest BCUT2D eigenvalue weighted by Gasteiger charge is -2.32. The van der Waals surface area contributed by atoms with Gasteiger partial charge in [0.15, 0.2) is 0 Å². The topological polar surface area (TPSA) is 67.2 Å². The third-order valence-corrected chi connectivity index (χ3v) is 5.78. The van der Waals surface area contributed by atoms with Crippen LogP contribution in [0, 0.1) is 0 Å². The number of hydrogen-bond donors (Lipinski definition) is 0. The standard InChI is InChI=1S/C20H28N6O/c1-3-25-10-7-21-19(25)14-24-8-4-5-16(12-24)20-22-11-17-13-26(15(2)27)9-6-18(17)23-20/h7,10-11,16H,3-6,8-9,12-14H2,1-2H3/t16-/m1/s1. The predicted molar refractivity (Wildman–Crippen MR) is 102 cm³/mol. The van der Waals surface area contributed by atoms with Gasteiger partial charge in [-0.3, -0.25) is 9.69 Å². The molecule has 2 aromatic rings. The minimum absolute atomic E-state index is 0.123. The van der Waals surface area contributed by atoms with Crippen LogP contribution in [0.3, 0.4) is 0 Å². The fourth-order valence-corrected chi connectivity index (χ4v) is 4.19. The Morgan fingerprint density at radius 3 is 3.00 bits per heavy atom. The first-order valence-electron chi connectivity index (χ1n) is 9.96. The van der Waals surface area contributed by atoms with Crippen molar-refractivity contribution in [2.75, 3.05) is 19.6 Å². The Kier molecular flexibility index (Phi) is 5.20. The van der Waals surface area contributed by atoms with E-state index < -0.39 is 0 Å². The molecule has 0 radical (unpaired) electrons.